The van der Waals surface area contributed by atoms with Crippen LogP contribution in [0, 0.1) is 5.92 Å². The zero-order valence-corrected chi connectivity index (χ0v) is 14.0. The lowest BCUT2D eigenvalue weighted by atomic mass is 9.99. The fourth-order valence-corrected chi connectivity index (χ4v) is 3.58. The smallest absolute Gasteiger partial charge is 0.279 e. The van der Waals surface area contributed by atoms with Crippen molar-refractivity contribution in [2.75, 3.05) is 25.0 Å². The van der Waals surface area contributed by atoms with Crippen molar-refractivity contribution in [1.82, 2.24) is 0 Å². The molecule has 1 saturated heterocycles. The van der Waals surface area contributed by atoms with E-state index < -0.39 is 0 Å². The van der Waals surface area contributed by atoms with E-state index >= 15 is 0 Å². The number of anilines is 1. The van der Waals surface area contributed by atoms with E-state index in [0.717, 1.165) is 46.6 Å². The summed E-state index contributed by atoms with van der Waals surface area (Å²) in [7, 11) is 0. The van der Waals surface area contributed by atoms with E-state index in [2.05, 4.69) is 12.2 Å². The van der Waals surface area contributed by atoms with Crippen molar-refractivity contribution in [3.8, 4) is 0 Å². The third-order valence-corrected chi connectivity index (χ3v) is 5.05. The highest BCUT2D eigenvalue weighted by molar-refractivity contribution is 6.06. The minimum Gasteiger partial charge on any atom is -0.456 e. The first-order valence-corrected chi connectivity index (χ1v) is 8.74. The summed E-state index contributed by atoms with van der Waals surface area (Å²) < 4.78 is 5.83. The summed E-state index contributed by atoms with van der Waals surface area (Å²) in [6.07, 6.45) is 2.44. The number of quaternary nitrogens is 1. The molecule has 4 nitrogen and oxygen atoms in total. The molecule has 2 aromatic carbocycles. The first-order valence-electron chi connectivity index (χ1n) is 8.74. The van der Waals surface area contributed by atoms with E-state index in [1.165, 1.54) is 17.7 Å². The Kier molecular flexibility index (Phi) is 3.98. The average Bonchev–Trinajstić information content (AvgIpc) is 2.95. The van der Waals surface area contributed by atoms with Gasteiger partial charge in [-0.05, 0) is 43.0 Å². The van der Waals surface area contributed by atoms with Crippen LogP contribution in [0.4, 0.5) is 5.69 Å². The molecule has 0 aliphatic carbocycles. The van der Waals surface area contributed by atoms with Crippen molar-refractivity contribution >= 4 is 33.5 Å². The molecule has 2 heterocycles. The number of amides is 1. The van der Waals surface area contributed by atoms with E-state index in [1.807, 2.05) is 42.5 Å². The van der Waals surface area contributed by atoms with Gasteiger partial charge in [0.05, 0.1) is 13.1 Å². The normalized spacial score (nSPS) is 21.2. The fourth-order valence-electron chi connectivity index (χ4n) is 3.58. The van der Waals surface area contributed by atoms with Gasteiger partial charge < -0.3 is 14.6 Å². The summed E-state index contributed by atoms with van der Waals surface area (Å²) >= 11 is 0. The van der Waals surface area contributed by atoms with Crippen LogP contribution >= 0.6 is 0 Å². The molecule has 4 heteroatoms. The Bertz CT molecular complexity index is 876. The highest BCUT2D eigenvalue weighted by atomic mass is 16.3. The molecule has 1 amide bonds. The molecule has 124 valence electrons. The zero-order valence-electron chi connectivity index (χ0n) is 14.0. The number of para-hydroxylation sites is 1. The zero-order chi connectivity index (χ0) is 16.5. The van der Waals surface area contributed by atoms with Crippen LogP contribution in [-0.4, -0.2) is 25.5 Å². The Labute approximate surface area is 141 Å². The number of hydrogen-bond donors (Lipinski definition) is 2. The van der Waals surface area contributed by atoms with Crippen LogP contribution < -0.4 is 10.2 Å². The van der Waals surface area contributed by atoms with Gasteiger partial charge in [0.1, 0.15) is 11.2 Å². The second kappa shape index (κ2) is 6.29. The van der Waals surface area contributed by atoms with Crippen molar-refractivity contribution in [3.05, 3.63) is 42.5 Å². The number of piperidine rings is 1. The Morgan fingerprint density at radius 2 is 1.88 bits per heavy atom. The first-order chi connectivity index (χ1) is 11.7. The summed E-state index contributed by atoms with van der Waals surface area (Å²) in [4.78, 5) is 13.7. The van der Waals surface area contributed by atoms with Crippen molar-refractivity contribution in [3.63, 3.8) is 0 Å². The molecule has 2 N–H and O–H groups in total. The predicted molar refractivity (Wildman–Crippen MR) is 96.3 cm³/mol. The molecule has 4 rings (SSSR count). The van der Waals surface area contributed by atoms with Gasteiger partial charge in [-0.2, -0.15) is 0 Å². The molecule has 0 bridgehead atoms. The quantitative estimate of drug-likeness (QED) is 0.778. The molecule has 1 aliphatic heterocycles. The SMILES string of the molecule is CC1CC[NH+](CC(=O)Nc2ccc3oc4ccccc4c3c2)CC1. The van der Waals surface area contributed by atoms with E-state index in [0.29, 0.717) is 6.54 Å². The topological polar surface area (TPSA) is 46.7 Å². The van der Waals surface area contributed by atoms with Crippen molar-refractivity contribution in [2.45, 2.75) is 19.8 Å². The van der Waals surface area contributed by atoms with Gasteiger partial charge in [0.15, 0.2) is 6.54 Å². The predicted octanol–water partition coefficient (Wildman–Crippen LogP) is 2.84. The summed E-state index contributed by atoms with van der Waals surface area (Å²) in [6, 6.07) is 13.8. The van der Waals surface area contributed by atoms with Crippen molar-refractivity contribution in [1.29, 1.82) is 0 Å². The molecule has 1 aromatic heterocycles. The Balaban J connectivity index is 1.49. The number of benzene rings is 2. The van der Waals surface area contributed by atoms with Crippen LogP contribution in [-0.2, 0) is 4.79 Å². The van der Waals surface area contributed by atoms with E-state index in [-0.39, 0.29) is 5.91 Å². The van der Waals surface area contributed by atoms with Gasteiger partial charge in [0.2, 0.25) is 0 Å². The molecule has 0 unspecified atom stereocenters. The second-order valence-corrected chi connectivity index (χ2v) is 6.97. The highest BCUT2D eigenvalue weighted by Gasteiger charge is 2.21. The Hall–Kier alpha value is -2.33. The summed E-state index contributed by atoms with van der Waals surface area (Å²) in [5.41, 5.74) is 2.57. The number of likely N-dealkylation sites (tertiary alicyclic amines) is 1. The standard InChI is InChI=1S/C20H22N2O2/c1-14-8-10-22(11-9-14)13-20(23)21-15-6-7-19-17(12-15)16-4-2-3-5-18(16)24-19/h2-7,12,14H,8-11,13H2,1H3,(H,21,23)/p+1. The van der Waals surface area contributed by atoms with Gasteiger partial charge in [-0.3, -0.25) is 4.79 Å². The maximum atomic E-state index is 12.3. The molecule has 24 heavy (non-hydrogen) atoms. The molecule has 1 fully saturated rings. The summed E-state index contributed by atoms with van der Waals surface area (Å²) in [6.45, 7) is 5.04. The molecule has 0 atom stereocenters. The molecule has 0 radical (unpaired) electrons. The monoisotopic (exact) mass is 323 g/mol. The van der Waals surface area contributed by atoms with E-state index in [1.54, 1.807) is 0 Å². The van der Waals surface area contributed by atoms with E-state index in [9.17, 15) is 4.79 Å². The molecular formula is C20H23N2O2+. The third kappa shape index (κ3) is 3.02. The largest absolute Gasteiger partial charge is 0.456 e. The maximum Gasteiger partial charge on any atom is 0.279 e. The number of hydrogen-bond acceptors (Lipinski definition) is 2. The van der Waals surface area contributed by atoms with Gasteiger partial charge in [0.25, 0.3) is 5.91 Å². The average molecular weight is 323 g/mol. The highest BCUT2D eigenvalue weighted by Crippen LogP contribution is 2.30. The van der Waals surface area contributed by atoms with Crippen LogP contribution in [0.25, 0.3) is 21.9 Å². The lowest BCUT2D eigenvalue weighted by Gasteiger charge is -2.26. The number of carbonyl (C=O) groups is 1. The number of carbonyl (C=O) groups excluding carboxylic acids is 1. The molecule has 0 saturated carbocycles. The number of rotatable bonds is 3. The van der Waals surface area contributed by atoms with Crippen LogP contribution in [0.5, 0.6) is 0 Å². The van der Waals surface area contributed by atoms with Gasteiger partial charge in [-0.1, -0.05) is 25.1 Å². The van der Waals surface area contributed by atoms with Gasteiger partial charge in [-0.25, -0.2) is 0 Å². The molecule has 1 aliphatic rings. The van der Waals surface area contributed by atoms with Gasteiger partial charge in [-0.15, -0.1) is 0 Å². The first kappa shape index (κ1) is 15.2. The van der Waals surface area contributed by atoms with Gasteiger partial charge in [0, 0.05) is 16.5 Å². The number of nitrogens with one attached hydrogen (secondary N) is 2. The van der Waals surface area contributed by atoms with Crippen LogP contribution in [0.2, 0.25) is 0 Å². The van der Waals surface area contributed by atoms with Crippen LogP contribution in [0.3, 0.4) is 0 Å². The molecule has 3 aromatic rings. The lowest BCUT2D eigenvalue weighted by Crippen LogP contribution is -3.14. The minimum atomic E-state index is 0.0895. The van der Waals surface area contributed by atoms with Crippen LogP contribution in [0.15, 0.2) is 46.9 Å². The van der Waals surface area contributed by atoms with Crippen molar-refractivity contribution in [2.24, 2.45) is 5.92 Å². The van der Waals surface area contributed by atoms with Gasteiger partial charge >= 0.3 is 0 Å². The molecule has 0 spiro atoms. The maximum absolute atomic E-state index is 12.3. The Morgan fingerprint density at radius 3 is 2.71 bits per heavy atom. The fraction of sp³-hybridized carbons (Fsp3) is 0.350. The number of fused-ring (bicyclic) bond motifs is 3. The molecular weight excluding hydrogens is 300 g/mol. The third-order valence-electron chi connectivity index (χ3n) is 5.05. The minimum absolute atomic E-state index is 0.0895. The van der Waals surface area contributed by atoms with Crippen molar-refractivity contribution < 1.29 is 14.1 Å². The summed E-state index contributed by atoms with van der Waals surface area (Å²) in [5.74, 6) is 0.889. The second-order valence-electron chi connectivity index (χ2n) is 6.97. The summed E-state index contributed by atoms with van der Waals surface area (Å²) in [5, 5.41) is 5.17. The van der Waals surface area contributed by atoms with E-state index in [4.69, 9.17) is 4.42 Å². The Morgan fingerprint density at radius 1 is 1.12 bits per heavy atom. The lowest BCUT2D eigenvalue weighted by molar-refractivity contribution is -0.897. The van der Waals surface area contributed by atoms with Crippen LogP contribution in [0.1, 0.15) is 19.8 Å². The number of furan rings is 1.